The van der Waals surface area contributed by atoms with Crippen molar-refractivity contribution in [2.75, 3.05) is 18.1 Å². The molecule has 3 rings (SSSR count). The number of amides is 1. The first-order valence-electron chi connectivity index (χ1n) is 7.04. The highest BCUT2D eigenvalue weighted by atomic mass is 16.2. The van der Waals surface area contributed by atoms with E-state index in [1.54, 1.807) is 24.1 Å². The minimum atomic E-state index is -0.148. The first kappa shape index (κ1) is 13.9. The normalized spacial score (nSPS) is 12.7. The maximum atomic E-state index is 12.6. The Labute approximate surface area is 129 Å². The molecule has 0 radical (unpaired) electrons. The molecular weight excluding hydrogens is 274 g/mol. The number of nitrogens with one attached hydrogen (secondary N) is 1. The van der Waals surface area contributed by atoms with Gasteiger partial charge in [0.1, 0.15) is 5.82 Å². The monoisotopic (exact) mass is 291 g/mol. The fraction of sp³-hybridized carbons (Fsp3) is 0.0556. The molecule has 0 bridgehead atoms. The molecule has 4 heteroatoms. The Balaban J connectivity index is 1.89. The highest BCUT2D eigenvalue weighted by Crippen LogP contribution is 2.23. The lowest BCUT2D eigenvalue weighted by atomic mass is 10.1. The van der Waals surface area contributed by atoms with Crippen LogP contribution in [0.3, 0.4) is 0 Å². The third kappa shape index (κ3) is 2.59. The Morgan fingerprint density at radius 3 is 2.64 bits per heavy atom. The van der Waals surface area contributed by atoms with Gasteiger partial charge < -0.3 is 11.1 Å². The van der Waals surface area contributed by atoms with E-state index in [1.165, 1.54) is 0 Å². The summed E-state index contributed by atoms with van der Waals surface area (Å²) in [4.78, 5) is 14.2. The Bertz CT molecular complexity index is 777. The molecule has 0 fully saturated rings. The van der Waals surface area contributed by atoms with E-state index >= 15 is 0 Å². The van der Waals surface area contributed by atoms with Crippen molar-refractivity contribution in [3.8, 4) is 0 Å². The van der Waals surface area contributed by atoms with Crippen molar-refractivity contribution in [3.63, 3.8) is 0 Å². The van der Waals surface area contributed by atoms with Crippen molar-refractivity contribution >= 4 is 23.4 Å². The van der Waals surface area contributed by atoms with E-state index < -0.39 is 0 Å². The van der Waals surface area contributed by atoms with Gasteiger partial charge in [0.25, 0.3) is 5.91 Å². The van der Waals surface area contributed by atoms with Crippen molar-refractivity contribution in [1.29, 1.82) is 0 Å². The van der Waals surface area contributed by atoms with Crippen LogP contribution in [-0.4, -0.2) is 17.9 Å². The number of allylic oxidation sites excluding steroid dienone is 2. The minimum Gasteiger partial charge on any atom is -0.398 e. The van der Waals surface area contributed by atoms with Crippen molar-refractivity contribution in [2.24, 2.45) is 0 Å². The van der Waals surface area contributed by atoms with Gasteiger partial charge in [-0.2, -0.15) is 0 Å². The summed E-state index contributed by atoms with van der Waals surface area (Å²) in [6.07, 6.45) is 5.80. The van der Waals surface area contributed by atoms with E-state index in [1.807, 2.05) is 54.6 Å². The molecule has 0 atom stereocenters. The van der Waals surface area contributed by atoms with Gasteiger partial charge in [0, 0.05) is 18.4 Å². The predicted octanol–water partition coefficient (Wildman–Crippen LogP) is 3.32. The van der Waals surface area contributed by atoms with Crippen molar-refractivity contribution in [1.82, 2.24) is 4.90 Å². The number of anilines is 2. The van der Waals surface area contributed by atoms with Crippen molar-refractivity contribution in [2.45, 2.75) is 0 Å². The third-order valence-corrected chi connectivity index (χ3v) is 3.61. The summed E-state index contributed by atoms with van der Waals surface area (Å²) >= 11 is 0. The number of fused-ring (bicyclic) bond motifs is 1. The summed E-state index contributed by atoms with van der Waals surface area (Å²) in [5.74, 6) is 0.555. The number of carbonyl (C=O) groups is 1. The number of nitrogen functional groups attached to an aromatic ring is 1. The van der Waals surface area contributed by atoms with Crippen LogP contribution in [0.1, 0.15) is 15.9 Å². The number of carbonyl (C=O) groups excluding carboxylic acids is 1. The summed E-state index contributed by atoms with van der Waals surface area (Å²) in [5, 5.41) is 3.29. The Hall–Kier alpha value is -3.01. The lowest BCUT2D eigenvalue weighted by molar-refractivity contribution is 0.0839. The molecule has 0 aromatic heterocycles. The minimum absolute atomic E-state index is 0.148. The van der Waals surface area contributed by atoms with Crippen LogP contribution in [-0.2, 0) is 0 Å². The van der Waals surface area contributed by atoms with Crippen LogP contribution in [0.2, 0.25) is 0 Å². The molecule has 2 aromatic rings. The fourth-order valence-electron chi connectivity index (χ4n) is 2.36. The molecule has 1 amide bonds. The molecule has 4 nitrogen and oxygen atoms in total. The number of rotatable bonds is 2. The first-order valence-corrected chi connectivity index (χ1v) is 7.04. The average molecular weight is 291 g/mol. The number of benzene rings is 2. The van der Waals surface area contributed by atoms with E-state index in [9.17, 15) is 4.79 Å². The quantitative estimate of drug-likeness (QED) is 0.834. The smallest absolute Gasteiger partial charge is 0.261 e. The molecule has 3 N–H and O–H groups in total. The van der Waals surface area contributed by atoms with Gasteiger partial charge in [0.05, 0.1) is 5.56 Å². The van der Waals surface area contributed by atoms with E-state index in [0.717, 1.165) is 11.3 Å². The second-order valence-corrected chi connectivity index (χ2v) is 5.07. The highest BCUT2D eigenvalue weighted by molar-refractivity contribution is 6.00. The van der Waals surface area contributed by atoms with Crippen LogP contribution in [0, 0.1) is 0 Å². The average Bonchev–Trinajstić information content (AvgIpc) is 2.76. The SMILES string of the molecule is CN(C(=O)c1ccccc1N)C1=CC=Cc2ccccc2N1. The van der Waals surface area contributed by atoms with Crippen LogP contribution < -0.4 is 11.1 Å². The molecular formula is C18H17N3O. The number of hydrogen-bond donors (Lipinski definition) is 2. The fourth-order valence-corrected chi connectivity index (χ4v) is 2.36. The molecule has 1 heterocycles. The van der Waals surface area contributed by atoms with Crippen LogP contribution >= 0.6 is 0 Å². The standard InChI is InChI=1S/C18H17N3O/c1-21(18(22)14-9-3-4-10-15(14)19)17-12-6-8-13-7-2-5-11-16(13)20-17/h2-12,20H,19H2,1H3. The van der Waals surface area contributed by atoms with Gasteiger partial charge in [-0.25, -0.2) is 0 Å². The molecule has 0 saturated carbocycles. The Morgan fingerprint density at radius 1 is 1.09 bits per heavy atom. The van der Waals surface area contributed by atoms with Crippen molar-refractivity contribution in [3.05, 3.63) is 77.6 Å². The van der Waals surface area contributed by atoms with E-state index in [2.05, 4.69) is 5.32 Å². The predicted molar refractivity (Wildman–Crippen MR) is 90.1 cm³/mol. The van der Waals surface area contributed by atoms with Gasteiger partial charge >= 0.3 is 0 Å². The molecule has 1 aliphatic rings. The summed E-state index contributed by atoms with van der Waals surface area (Å²) in [5.41, 5.74) is 8.90. The van der Waals surface area contributed by atoms with E-state index in [4.69, 9.17) is 5.73 Å². The summed E-state index contributed by atoms with van der Waals surface area (Å²) in [7, 11) is 1.73. The zero-order valence-corrected chi connectivity index (χ0v) is 12.3. The molecule has 0 unspecified atom stereocenters. The van der Waals surface area contributed by atoms with Crippen LogP contribution in [0.5, 0.6) is 0 Å². The number of nitrogens with two attached hydrogens (primary N) is 1. The van der Waals surface area contributed by atoms with Gasteiger partial charge in [0.2, 0.25) is 0 Å². The van der Waals surface area contributed by atoms with Crippen LogP contribution in [0.25, 0.3) is 6.08 Å². The van der Waals surface area contributed by atoms with Crippen LogP contribution in [0.15, 0.2) is 66.5 Å². The zero-order chi connectivity index (χ0) is 15.5. The topological polar surface area (TPSA) is 58.4 Å². The van der Waals surface area contributed by atoms with Gasteiger partial charge in [-0.3, -0.25) is 9.69 Å². The van der Waals surface area contributed by atoms with Gasteiger partial charge in [-0.05, 0) is 29.8 Å². The molecule has 0 spiro atoms. The van der Waals surface area contributed by atoms with E-state index in [0.29, 0.717) is 17.1 Å². The summed E-state index contributed by atoms with van der Waals surface area (Å²) < 4.78 is 0. The van der Waals surface area contributed by atoms with Gasteiger partial charge in [-0.1, -0.05) is 42.5 Å². The van der Waals surface area contributed by atoms with Gasteiger partial charge in [-0.15, -0.1) is 0 Å². The number of hydrogen-bond acceptors (Lipinski definition) is 3. The number of para-hydroxylation sites is 2. The van der Waals surface area contributed by atoms with Gasteiger partial charge in [0.15, 0.2) is 0 Å². The highest BCUT2D eigenvalue weighted by Gasteiger charge is 2.18. The zero-order valence-electron chi connectivity index (χ0n) is 12.3. The molecule has 2 aromatic carbocycles. The summed E-state index contributed by atoms with van der Waals surface area (Å²) in [6, 6.07) is 15.0. The molecule has 1 aliphatic heterocycles. The largest absolute Gasteiger partial charge is 0.398 e. The maximum Gasteiger partial charge on any atom is 0.261 e. The molecule has 0 aliphatic carbocycles. The third-order valence-electron chi connectivity index (χ3n) is 3.61. The maximum absolute atomic E-state index is 12.6. The first-order chi connectivity index (χ1) is 10.7. The second-order valence-electron chi connectivity index (χ2n) is 5.07. The van der Waals surface area contributed by atoms with Crippen molar-refractivity contribution < 1.29 is 4.79 Å². The molecule has 110 valence electrons. The summed E-state index contributed by atoms with van der Waals surface area (Å²) in [6.45, 7) is 0. The molecule has 22 heavy (non-hydrogen) atoms. The lowest BCUT2D eigenvalue weighted by Gasteiger charge is -2.22. The number of nitrogens with zero attached hydrogens (tertiary/aromatic N) is 1. The van der Waals surface area contributed by atoms with Crippen LogP contribution in [0.4, 0.5) is 11.4 Å². The second kappa shape index (κ2) is 5.77. The van der Waals surface area contributed by atoms with E-state index in [-0.39, 0.29) is 5.91 Å². The Morgan fingerprint density at radius 2 is 1.82 bits per heavy atom. The lowest BCUT2D eigenvalue weighted by Crippen LogP contribution is -2.30. The molecule has 0 saturated heterocycles. The Kier molecular flexibility index (Phi) is 3.66.